The molecule has 0 aliphatic rings. The van der Waals surface area contributed by atoms with Crippen molar-refractivity contribution in [3.63, 3.8) is 0 Å². The topological polar surface area (TPSA) is 96.5 Å². The van der Waals surface area contributed by atoms with E-state index in [4.69, 9.17) is 28.6 Å². The van der Waals surface area contributed by atoms with Gasteiger partial charge < -0.3 is 15.4 Å². The molecular formula is C22H22ClN3O4S3. The summed E-state index contributed by atoms with van der Waals surface area (Å²) in [5.41, 5.74) is 2.38. The summed E-state index contributed by atoms with van der Waals surface area (Å²) < 4.78 is 32.6. The molecule has 3 rings (SSSR count). The first kappa shape index (κ1) is 25.0. The molecule has 33 heavy (non-hydrogen) atoms. The van der Waals surface area contributed by atoms with Crippen LogP contribution in [0.4, 0.5) is 16.4 Å². The maximum Gasteiger partial charge on any atom is 0.341 e. The van der Waals surface area contributed by atoms with E-state index in [1.807, 2.05) is 13.8 Å². The lowest BCUT2D eigenvalue weighted by molar-refractivity contribution is 0.0601. The van der Waals surface area contributed by atoms with Crippen molar-refractivity contribution >= 4 is 72.6 Å². The normalized spacial score (nSPS) is 11.0. The lowest BCUT2D eigenvalue weighted by Gasteiger charge is -2.12. The quantitative estimate of drug-likeness (QED) is 0.271. The fraction of sp³-hybridized carbons (Fsp3) is 0.182. The van der Waals surface area contributed by atoms with E-state index >= 15 is 0 Å². The van der Waals surface area contributed by atoms with Gasteiger partial charge in [0.1, 0.15) is 5.00 Å². The highest BCUT2D eigenvalue weighted by atomic mass is 35.5. The summed E-state index contributed by atoms with van der Waals surface area (Å²) in [5.74, 6) is -0.427. The molecule has 0 unspecified atom stereocenters. The minimum Gasteiger partial charge on any atom is -0.465 e. The number of esters is 1. The molecule has 7 nitrogen and oxygen atoms in total. The molecule has 1 aromatic heterocycles. The second-order valence-corrected chi connectivity index (χ2v) is 10.7. The molecule has 0 saturated heterocycles. The van der Waals surface area contributed by atoms with E-state index in [-0.39, 0.29) is 10.0 Å². The molecule has 0 atom stereocenters. The molecule has 0 saturated carbocycles. The maximum absolute atomic E-state index is 12.6. The Morgan fingerprint density at radius 2 is 1.67 bits per heavy atom. The summed E-state index contributed by atoms with van der Waals surface area (Å²) in [6.07, 6.45) is 0.689. The molecule has 3 N–H and O–H groups in total. The number of carbonyl (C=O) groups excluding carboxylic acids is 1. The summed E-state index contributed by atoms with van der Waals surface area (Å²) in [6, 6.07) is 12.5. The zero-order chi connectivity index (χ0) is 24.2. The Balaban J connectivity index is 1.71. The number of halogens is 1. The Morgan fingerprint density at radius 3 is 2.24 bits per heavy atom. The van der Waals surface area contributed by atoms with E-state index in [0.717, 1.165) is 10.4 Å². The fourth-order valence-electron chi connectivity index (χ4n) is 3.13. The Kier molecular flexibility index (Phi) is 7.96. The Morgan fingerprint density at radius 1 is 1.06 bits per heavy atom. The second-order valence-electron chi connectivity index (χ2n) is 6.90. The number of anilines is 3. The lowest BCUT2D eigenvalue weighted by atomic mass is 10.1. The minimum absolute atomic E-state index is 0.0938. The average molecular weight is 524 g/mol. The smallest absolute Gasteiger partial charge is 0.341 e. The molecule has 0 bridgehead atoms. The van der Waals surface area contributed by atoms with Crippen LogP contribution in [0, 0.1) is 6.92 Å². The standard InChI is InChI=1S/C22H22ClN3O4S3/c1-4-18-13(2)32-20(19(18)21(27)30-3)25-22(31)24-15-9-11-17(12-10-15)33(28,29)26-16-7-5-14(23)6-8-16/h5-12,26H,4H2,1-3H3,(H2,24,25,31). The van der Waals surface area contributed by atoms with Crippen LogP contribution >= 0.6 is 35.2 Å². The van der Waals surface area contributed by atoms with Gasteiger partial charge in [0.15, 0.2) is 5.11 Å². The summed E-state index contributed by atoms with van der Waals surface area (Å²) >= 11 is 12.6. The number of hydrogen-bond donors (Lipinski definition) is 3. The van der Waals surface area contributed by atoms with E-state index in [1.165, 1.54) is 30.6 Å². The molecule has 0 fully saturated rings. The number of hydrogen-bond acceptors (Lipinski definition) is 6. The van der Waals surface area contributed by atoms with Crippen LogP contribution in [0.25, 0.3) is 0 Å². The summed E-state index contributed by atoms with van der Waals surface area (Å²) in [4.78, 5) is 13.4. The van der Waals surface area contributed by atoms with Crippen LogP contribution < -0.4 is 15.4 Å². The molecule has 11 heteroatoms. The monoisotopic (exact) mass is 523 g/mol. The SMILES string of the molecule is CCc1c(C)sc(NC(=S)Nc2ccc(S(=O)(=O)Nc3ccc(Cl)cc3)cc2)c1C(=O)OC. The second kappa shape index (κ2) is 10.5. The Labute approximate surface area is 207 Å². The van der Waals surface area contributed by atoms with Crippen molar-refractivity contribution in [1.82, 2.24) is 0 Å². The van der Waals surface area contributed by atoms with Gasteiger partial charge in [0.2, 0.25) is 0 Å². The van der Waals surface area contributed by atoms with Crippen molar-refractivity contribution in [2.24, 2.45) is 0 Å². The van der Waals surface area contributed by atoms with Crippen LogP contribution in [0.5, 0.6) is 0 Å². The van der Waals surface area contributed by atoms with Gasteiger partial charge in [-0.2, -0.15) is 0 Å². The largest absolute Gasteiger partial charge is 0.465 e. The van der Waals surface area contributed by atoms with E-state index in [9.17, 15) is 13.2 Å². The lowest BCUT2D eigenvalue weighted by Crippen LogP contribution is -2.20. The van der Waals surface area contributed by atoms with Crippen molar-refractivity contribution in [3.8, 4) is 0 Å². The zero-order valence-electron chi connectivity index (χ0n) is 18.1. The third kappa shape index (κ3) is 6.02. The number of carbonyl (C=O) groups is 1. The maximum atomic E-state index is 12.6. The fourth-order valence-corrected chi connectivity index (χ4v) is 5.73. The van der Waals surface area contributed by atoms with Gasteiger partial charge in [-0.15, -0.1) is 11.3 Å². The van der Waals surface area contributed by atoms with Gasteiger partial charge >= 0.3 is 5.97 Å². The number of aryl methyl sites for hydroxylation is 1. The number of nitrogens with one attached hydrogen (secondary N) is 3. The van der Waals surface area contributed by atoms with Crippen LogP contribution in [-0.4, -0.2) is 26.6 Å². The van der Waals surface area contributed by atoms with Crippen LogP contribution in [0.15, 0.2) is 53.4 Å². The van der Waals surface area contributed by atoms with E-state index in [1.54, 1.807) is 36.4 Å². The molecule has 0 aliphatic heterocycles. The van der Waals surface area contributed by atoms with E-state index in [2.05, 4.69) is 15.4 Å². The molecule has 2 aromatic carbocycles. The van der Waals surface area contributed by atoms with Crippen molar-refractivity contribution < 1.29 is 17.9 Å². The van der Waals surface area contributed by atoms with Crippen molar-refractivity contribution in [1.29, 1.82) is 0 Å². The van der Waals surface area contributed by atoms with Gasteiger partial charge in [0, 0.05) is 21.3 Å². The van der Waals surface area contributed by atoms with Gasteiger partial charge in [0.25, 0.3) is 10.0 Å². The summed E-state index contributed by atoms with van der Waals surface area (Å²) in [5, 5.41) is 7.42. The molecule has 0 amide bonds. The van der Waals surface area contributed by atoms with E-state index in [0.29, 0.717) is 33.4 Å². The van der Waals surface area contributed by atoms with Crippen molar-refractivity contribution in [2.75, 3.05) is 22.5 Å². The number of sulfonamides is 1. The van der Waals surface area contributed by atoms with Crippen molar-refractivity contribution in [3.05, 3.63) is 69.6 Å². The van der Waals surface area contributed by atoms with Crippen molar-refractivity contribution in [2.45, 2.75) is 25.2 Å². The number of thiocarbonyl (C=S) groups is 1. The summed E-state index contributed by atoms with van der Waals surface area (Å²) in [7, 11) is -2.42. The molecule has 174 valence electrons. The van der Waals surface area contributed by atoms with Gasteiger partial charge in [-0.1, -0.05) is 18.5 Å². The van der Waals surface area contributed by atoms with Gasteiger partial charge in [-0.05, 0) is 79.7 Å². The third-order valence-electron chi connectivity index (χ3n) is 4.70. The highest BCUT2D eigenvalue weighted by Gasteiger charge is 2.22. The van der Waals surface area contributed by atoms with Crippen LogP contribution in [0.3, 0.4) is 0 Å². The molecular weight excluding hydrogens is 502 g/mol. The summed E-state index contributed by atoms with van der Waals surface area (Å²) in [6.45, 7) is 3.91. The number of rotatable bonds is 7. The first-order valence-corrected chi connectivity index (χ1v) is 12.9. The van der Waals surface area contributed by atoms with E-state index < -0.39 is 16.0 Å². The van der Waals surface area contributed by atoms with Crippen LogP contribution in [0.1, 0.15) is 27.7 Å². The number of ether oxygens (including phenoxy) is 1. The van der Waals surface area contributed by atoms with Crippen LogP contribution in [-0.2, 0) is 21.2 Å². The third-order valence-corrected chi connectivity index (χ3v) is 7.61. The average Bonchev–Trinajstić information content (AvgIpc) is 3.09. The molecule has 3 aromatic rings. The van der Waals surface area contributed by atoms with Gasteiger partial charge in [-0.3, -0.25) is 4.72 Å². The Bertz CT molecular complexity index is 1270. The number of benzene rings is 2. The number of methoxy groups -OCH3 is 1. The molecule has 1 heterocycles. The minimum atomic E-state index is -3.76. The molecule has 0 spiro atoms. The van der Waals surface area contributed by atoms with Crippen LogP contribution in [0.2, 0.25) is 5.02 Å². The predicted molar refractivity (Wildman–Crippen MR) is 138 cm³/mol. The highest BCUT2D eigenvalue weighted by molar-refractivity contribution is 7.92. The zero-order valence-corrected chi connectivity index (χ0v) is 21.3. The molecule has 0 aliphatic carbocycles. The molecule has 0 radical (unpaired) electrons. The first-order chi connectivity index (χ1) is 15.6. The Hall–Kier alpha value is -2.66. The first-order valence-electron chi connectivity index (χ1n) is 9.81. The van der Waals surface area contributed by atoms with Gasteiger partial charge in [0.05, 0.1) is 17.6 Å². The van der Waals surface area contributed by atoms with Gasteiger partial charge in [-0.25, -0.2) is 13.2 Å². The highest BCUT2D eigenvalue weighted by Crippen LogP contribution is 2.34. The number of thiophene rings is 1. The predicted octanol–water partition coefficient (Wildman–Crippen LogP) is 5.67.